The predicted octanol–water partition coefficient (Wildman–Crippen LogP) is 1.38. The highest BCUT2D eigenvalue weighted by atomic mass is 32.2. The Morgan fingerprint density at radius 2 is 1.68 bits per heavy atom. The highest BCUT2D eigenvalue weighted by Crippen LogP contribution is 2.35. The van der Waals surface area contributed by atoms with Crippen molar-refractivity contribution in [1.82, 2.24) is 0 Å². The first kappa shape index (κ1) is 20.8. The molecular weight excluding hydrogens is 380 g/mol. The Bertz CT molecular complexity index is 807. The molecule has 28 heavy (non-hydrogen) atoms. The number of para-hydroxylation sites is 1. The van der Waals surface area contributed by atoms with Crippen LogP contribution in [-0.2, 0) is 6.42 Å². The molecule has 4 N–H and O–H groups in total. The zero-order chi connectivity index (χ0) is 20.3. The first-order valence-electron chi connectivity index (χ1n) is 9.05. The summed E-state index contributed by atoms with van der Waals surface area (Å²) in [7, 11) is 0. The van der Waals surface area contributed by atoms with Crippen LogP contribution in [0.25, 0.3) is 0 Å². The summed E-state index contributed by atoms with van der Waals surface area (Å²) in [5, 5.41) is 39.0. The van der Waals surface area contributed by atoms with E-state index in [0.29, 0.717) is 17.7 Å². The zero-order valence-electron chi connectivity index (χ0n) is 15.4. The molecule has 0 aliphatic carbocycles. The molecule has 1 saturated heterocycles. The number of hydrogen-bond donors (Lipinski definition) is 4. The maximum atomic E-state index is 11.4. The van der Waals surface area contributed by atoms with E-state index in [1.165, 1.54) is 6.92 Å². The average Bonchev–Trinajstić information content (AvgIpc) is 2.70. The molecule has 0 amide bonds. The molecule has 2 aromatic rings. The molecule has 5 atom stereocenters. The lowest BCUT2D eigenvalue weighted by Gasteiger charge is -2.39. The van der Waals surface area contributed by atoms with E-state index in [4.69, 9.17) is 4.74 Å². The van der Waals surface area contributed by atoms with Gasteiger partial charge in [-0.3, -0.25) is 4.79 Å². The Balaban J connectivity index is 1.77. The highest BCUT2D eigenvalue weighted by molar-refractivity contribution is 8.00. The second-order valence-corrected chi connectivity index (χ2v) is 8.20. The molecule has 150 valence electrons. The van der Waals surface area contributed by atoms with Gasteiger partial charge in [0.15, 0.2) is 11.2 Å². The van der Waals surface area contributed by atoms with Gasteiger partial charge in [-0.05, 0) is 24.1 Å². The van der Waals surface area contributed by atoms with Gasteiger partial charge in [0.1, 0.15) is 18.0 Å². The smallest absolute Gasteiger partial charge is 0.173 e. The molecule has 3 rings (SSSR count). The van der Waals surface area contributed by atoms with Crippen LogP contribution in [0.5, 0.6) is 5.75 Å². The molecule has 0 bridgehead atoms. The molecule has 1 heterocycles. The Hall–Kier alpha value is -1.90. The average molecular weight is 404 g/mol. The molecule has 0 radical (unpaired) electrons. The first-order valence-corrected chi connectivity index (χ1v) is 10.00. The van der Waals surface area contributed by atoms with Crippen molar-refractivity contribution >= 4 is 17.5 Å². The van der Waals surface area contributed by atoms with Crippen LogP contribution in [0.3, 0.4) is 0 Å². The molecule has 2 aromatic carbocycles. The van der Waals surface area contributed by atoms with E-state index in [0.717, 1.165) is 22.9 Å². The molecule has 1 aliphatic rings. The van der Waals surface area contributed by atoms with Crippen LogP contribution in [0, 0.1) is 0 Å². The number of aliphatic hydroxyl groups is 4. The molecule has 1 fully saturated rings. The fraction of sp³-hybridized carbons (Fsp3) is 0.381. The topological polar surface area (TPSA) is 107 Å². The number of aliphatic hydroxyl groups excluding tert-OH is 4. The van der Waals surface area contributed by atoms with Crippen molar-refractivity contribution in [3.63, 3.8) is 0 Å². The third kappa shape index (κ3) is 4.56. The Morgan fingerprint density at radius 3 is 2.32 bits per heavy atom. The first-order chi connectivity index (χ1) is 13.4. The summed E-state index contributed by atoms with van der Waals surface area (Å²) in [6.45, 7) is 1.19. The summed E-state index contributed by atoms with van der Waals surface area (Å²) in [4.78, 5) is 11.4. The van der Waals surface area contributed by atoms with Gasteiger partial charge in [-0.15, -0.1) is 11.8 Å². The summed E-state index contributed by atoms with van der Waals surface area (Å²) in [5.41, 5.74) is 1.71. The van der Waals surface area contributed by atoms with Gasteiger partial charge >= 0.3 is 0 Å². The summed E-state index contributed by atoms with van der Waals surface area (Å²) in [6, 6.07) is 14.7. The molecular formula is C21H24O6S. The number of carbonyl (C=O) groups is 1. The molecule has 0 spiro atoms. The van der Waals surface area contributed by atoms with Crippen LogP contribution in [0.2, 0.25) is 0 Å². The van der Waals surface area contributed by atoms with Crippen LogP contribution in [0.15, 0.2) is 48.5 Å². The van der Waals surface area contributed by atoms with Crippen LogP contribution in [-0.4, -0.2) is 61.8 Å². The van der Waals surface area contributed by atoms with E-state index in [1.54, 1.807) is 18.2 Å². The number of ketones is 1. The van der Waals surface area contributed by atoms with Crippen LogP contribution < -0.4 is 4.74 Å². The maximum Gasteiger partial charge on any atom is 0.173 e. The van der Waals surface area contributed by atoms with Gasteiger partial charge in [0, 0.05) is 12.0 Å². The largest absolute Gasteiger partial charge is 0.477 e. The molecule has 0 aromatic heterocycles. The van der Waals surface area contributed by atoms with E-state index in [-0.39, 0.29) is 12.4 Å². The Labute approximate surface area is 167 Å². The number of thioether (sulfide) groups is 1. The molecule has 7 heteroatoms. The molecule has 0 unspecified atom stereocenters. The summed E-state index contributed by atoms with van der Waals surface area (Å²) in [5.74, 6) is 0.563. The maximum absolute atomic E-state index is 11.4. The van der Waals surface area contributed by atoms with Gasteiger partial charge in [0.05, 0.1) is 18.0 Å². The fourth-order valence-corrected chi connectivity index (χ4v) is 4.37. The number of benzene rings is 2. The number of carbonyl (C=O) groups excluding carboxylic acids is 1. The zero-order valence-corrected chi connectivity index (χ0v) is 16.2. The second-order valence-electron chi connectivity index (χ2n) is 6.85. The van der Waals surface area contributed by atoms with E-state index in [9.17, 15) is 25.2 Å². The number of ether oxygens (including phenoxy) is 1. The van der Waals surface area contributed by atoms with Crippen molar-refractivity contribution in [2.75, 3.05) is 6.61 Å². The van der Waals surface area contributed by atoms with E-state index in [2.05, 4.69) is 0 Å². The third-order valence-electron chi connectivity index (χ3n) is 4.82. The minimum atomic E-state index is -1.39. The lowest BCUT2D eigenvalue weighted by molar-refractivity contribution is -0.0910. The van der Waals surface area contributed by atoms with Gasteiger partial charge in [-0.25, -0.2) is 0 Å². The highest BCUT2D eigenvalue weighted by Gasteiger charge is 2.44. The Kier molecular flexibility index (Phi) is 6.74. The van der Waals surface area contributed by atoms with Crippen molar-refractivity contribution in [1.29, 1.82) is 0 Å². The van der Waals surface area contributed by atoms with Crippen molar-refractivity contribution in [2.24, 2.45) is 0 Å². The Morgan fingerprint density at radius 1 is 1.00 bits per heavy atom. The van der Waals surface area contributed by atoms with Crippen LogP contribution >= 0.6 is 11.8 Å². The quantitative estimate of drug-likeness (QED) is 0.539. The molecule has 1 aliphatic heterocycles. The fourth-order valence-electron chi connectivity index (χ4n) is 3.13. The second kappa shape index (κ2) is 9.07. The van der Waals surface area contributed by atoms with Crippen molar-refractivity contribution in [2.45, 2.75) is 42.3 Å². The summed E-state index contributed by atoms with van der Waals surface area (Å²) < 4.78 is 5.96. The SMILES string of the molecule is CC(=O)c1ccc(Cc2ccccc2O[C@@H]2S[C@H](CO)[C@@H](O)[C@H](O)[C@H]2O)cc1. The van der Waals surface area contributed by atoms with E-state index >= 15 is 0 Å². The van der Waals surface area contributed by atoms with Gasteiger partial charge in [0.2, 0.25) is 0 Å². The third-order valence-corrected chi connectivity index (χ3v) is 6.24. The van der Waals surface area contributed by atoms with Gasteiger partial charge in [-0.1, -0.05) is 42.5 Å². The van der Waals surface area contributed by atoms with Crippen LogP contribution in [0.4, 0.5) is 0 Å². The van der Waals surface area contributed by atoms with Crippen molar-refractivity contribution in [3.8, 4) is 5.75 Å². The number of Topliss-reactive ketones (excluding diaryl/α,β-unsaturated/α-hetero) is 1. The number of hydrogen-bond acceptors (Lipinski definition) is 7. The lowest BCUT2D eigenvalue weighted by Crippen LogP contribution is -2.55. The van der Waals surface area contributed by atoms with Gasteiger partial charge < -0.3 is 25.2 Å². The van der Waals surface area contributed by atoms with Crippen LogP contribution in [0.1, 0.15) is 28.4 Å². The molecule has 6 nitrogen and oxygen atoms in total. The van der Waals surface area contributed by atoms with E-state index in [1.807, 2.05) is 30.3 Å². The van der Waals surface area contributed by atoms with Gasteiger partial charge in [0.25, 0.3) is 0 Å². The summed E-state index contributed by atoms with van der Waals surface area (Å²) in [6.07, 6.45) is -3.34. The van der Waals surface area contributed by atoms with Gasteiger partial charge in [-0.2, -0.15) is 0 Å². The van der Waals surface area contributed by atoms with Crippen molar-refractivity contribution in [3.05, 3.63) is 65.2 Å². The lowest BCUT2D eigenvalue weighted by atomic mass is 10.0. The predicted molar refractivity (Wildman–Crippen MR) is 107 cm³/mol. The monoisotopic (exact) mass is 404 g/mol. The number of rotatable bonds is 6. The minimum absolute atomic E-state index is 0.0118. The minimum Gasteiger partial charge on any atom is -0.477 e. The molecule has 0 saturated carbocycles. The summed E-state index contributed by atoms with van der Waals surface area (Å²) >= 11 is 1.10. The standard InChI is InChI=1S/C21H24O6S/c1-12(23)14-8-6-13(7-9-14)10-15-4-2-3-5-16(15)27-21-20(26)19(25)18(24)17(11-22)28-21/h2-9,17-22,24-26H,10-11H2,1H3/t17-,18-,19+,20-,21-/m1/s1. The normalized spacial score (nSPS) is 27.4. The van der Waals surface area contributed by atoms with Crippen molar-refractivity contribution < 1.29 is 30.0 Å². The van der Waals surface area contributed by atoms with E-state index < -0.39 is 29.0 Å².